The van der Waals surface area contributed by atoms with Crippen LogP contribution in [0.2, 0.25) is 0 Å². The van der Waals surface area contributed by atoms with Crippen LogP contribution in [0.3, 0.4) is 0 Å². The summed E-state index contributed by atoms with van der Waals surface area (Å²) < 4.78 is 29.6. The van der Waals surface area contributed by atoms with Gasteiger partial charge in [0.1, 0.15) is 11.4 Å². The Balaban J connectivity index is 3.39. The number of methoxy groups -OCH3 is 1. The van der Waals surface area contributed by atoms with Crippen molar-refractivity contribution < 1.29 is 13.5 Å². The zero-order valence-electron chi connectivity index (χ0n) is 7.51. The Labute approximate surface area is 78.7 Å². The zero-order chi connectivity index (χ0) is 10.7. The van der Waals surface area contributed by atoms with Gasteiger partial charge in [-0.3, -0.25) is 4.79 Å². The molecule has 0 amide bonds. The Hall–Kier alpha value is -1.43. The molecule has 1 aromatic rings. The highest BCUT2D eigenvalue weighted by molar-refractivity contribution is 5.37. The molecule has 0 saturated heterocycles. The van der Waals surface area contributed by atoms with Crippen molar-refractivity contribution >= 4 is 0 Å². The minimum Gasteiger partial charge on any atom is -0.494 e. The first-order valence-corrected chi connectivity index (χ1v) is 3.88. The van der Waals surface area contributed by atoms with Crippen molar-refractivity contribution in [2.75, 3.05) is 7.11 Å². The highest BCUT2D eigenvalue weighted by Gasteiger charge is 2.18. The Morgan fingerprint density at radius 1 is 1.64 bits per heavy atom. The first kappa shape index (κ1) is 10.6. The van der Waals surface area contributed by atoms with Crippen LogP contribution in [0.1, 0.15) is 17.7 Å². The second-order valence-electron chi connectivity index (χ2n) is 2.61. The van der Waals surface area contributed by atoms with Crippen molar-refractivity contribution in [2.45, 2.75) is 13.0 Å². The lowest BCUT2D eigenvalue weighted by atomic mass is 10.2. The standard InChI is InChI=1S/C8H10F2N2O2/c1-14-7-4(3-11)2-5(13)12-6(7)8(9)10/h2,8H,3,11H2,1H3,(H,12,13). The van der Waals surface area contributed by atoms with E-state index in [2.05, 4.69) is 0 Å². The number of hydrogen-bond acceptors (Lipinski definition) is 3. The molecule has 0 aliphatic heterocycles. The van der Waals surface area contributed by atoms with E-state index in [0.717, 1.165) is 6.07 Å². The summed E-state index contributed by atoms with van der Waals surface area (Å²) in [5.74, 6) is -0.0536. The first-order valence-electron chi connectivity index (χ1n) is 3.88. The molecule has 0 saturated carbocycles. The second kappa shape index (κ2) is 4.19. The molecule has 4 nitrogen and oxygen atoms in total. The van der Waals surface area contributed by atoms with Crippen molar-refractivity contribution in [1.29, 1.82) is 0 Å². The van der Waals surface area contributed by atoms with E-state index in [1.165, 1.54) is 7.11 Å². The third-order valence-corrected chi connectivity index (χ3v) is 1.74. The van der Waals surface area contributed by atoms with E-state index in [1.54, 1.807) is 0 Å². The molecule has 0 fully saturated rings. The zero-order valence-corrected chi connectivity index (χ0v) is 7.51. The number of aromatic amines is 1. The Bertz CT molecular complexity index is 376. The van der Waals surface area contributed by atoms with Gasteiger partial charge in [-0.2, -0.15) is 0 Å². The largest absolute Gasteiger partial charge is 0.494 e. The normalized spacial score (nSPS) is 10.6. The fourth-order valence-electron chi connectivity index (χ4n) is 1.17. The predicted octanol–water partition coefficient (Wildman–Crippen LogP) is 0.780. The van der Waals surface area contributed by atoms with E-state index >= 15 is 0 Å². The SMILES string of the molecule is COc1c(CN)cc(=O)[nH]c1C(F)F. The number of nitrogens with two attached hydrogens (primary N) is 1. The lowest BCUT2D eigenvalue weighted by molar-refractivity contribution is 0.141. The summed E-state index contributed by atoms with van der Waals surface area (Å²) in [5.41, 5.74) is 4.42. The van der Waals surface area contributed by atoms with Gasteiger partial charge >= 0.3 is 0 Å². The minimum atomic E-state index is -2.79. The maximum atomic E-state index is 12.4. The van der Waals surface area contributed by atoms with Gasteiger partial charge in [0.25, 0.3) is 6.43 Å². The molecule has 78 valence electrons. The van der Waals surface area contributed by atoms with E-state index in [4.69, 9.17) is 10.5 Å². The molecular formula is C8H10F2N2O2. The van der Waals surface area contributed by atoms with Crippen molar-refractivity contribution in [3.05, 3.63) is 27.7 Å². The predicted molar refractivity (Wildman–Crippen MR) is 46.5 cm³/mol. The summed E-state index contributed by atoms with van der Waals surface area (Å²) in [6.45, 7) is -0.0210. The van der Waals surface area contributed by atoms with Crippen LogP contribution in [0, 0.1) is 0 Å². The number of nitrogens with one attached hydrogen (secondary N) is 1. The molecular weight excluding hydrogens is 194 g/mol. The smallest absolute Gasteiger partial charge is 0.282 e. The van der Waals surface area contributed by atoms with Crippen LogP contribution >= 0.6 is 0 Å². The van der Waals surface area contributed by atoms with E-state index in [9.17, 15) is 13.6 Å². The van der Waals surface area contributed by atoms with E-state index in [0.29, 0.717) is 0 Å². The topological polar surface area (TPSA) is 68.1 Å². The molecule has 6 heteroatoms. The van der Waals surface area contributed by atoms with Crippen molar-refractivity contribution in [2.24, 2.45) is 5.73 Å². The molecule has 0 bridgehead atoms. The average molecular weight is 204 g/mol. The number of H-pyrrole nitrogens is 1. The maximum Gasteiger partial charge on any atom is 0.282 e. The van der Waals surface area contributed by atoms with Gasteiger partial charge in [0.2, 0.25) is 5.56 Å². The van der Waals surface area contributed by atoms with Crippen molar-refractivity contribution in [3.63, 3.8) is 0 Å². The summed E-state index contributed by atoms with van der Waals surface area (Å²) in [7, 11) is 1.25. The molecule has 1 heterocycles. The molecule has 1 aromatic heterocycles. The summed E-state index contributed by atoms with van der Waals surface area (Å²) in [6.07, 6.45) is -2.79. The molecule has 0 aliphatic carbocycles. The lowest BCUT2D eigenvalue weighted by Crippen LogP contribution is -2.14. The van der Waals surface area contributed by atoms with Gasteiger partial charge in [-0.25, -0.2) is 8.78 Å². The van der Waals surface area contributed by atoms with Crippen LogP contribution < -0.4 is 16.0 Å². The summed E-state index contributed by atoms with van der Waals surface area (Å²) in [5, 5.41) is 0. The highest BCUT2D eigenvalue weighted by atomic mass is 19.3. The van der Waals surface area contributed by atoms with Crippen LogP contribution in [0.4, 0.5) is 8.78 Å². The Morgan fingerprint density at radius 2 is 2.29 bits per heavy atom. The summed E-state index contributed by atoms with van der Waals surface area (Å²) in [4.78, 5) is 13.0. The molecule has 14 heavy (non-hydrogen) atoms. The minimum absolute atomic E-state index is 0.0210. The molecule has 0 radical (unpaired) electrons. The van der Waals surface area contributed by atoms with Crippen molar-refractivity contribution in [3.8, 4) is 5.75 Å². The van der Waals surface area contributed by atoms with Gasteiger partial charge in [0.15, 0.2) is 0 Å². The van der Waals surface area contributed by atoms with Gasteiger partial charge in [-0.1, -0.05) is 0 Å². The molecule has 0 spiro atoms. The third-order valence-electron chi connectivity index (χ3n) is 1.74. The quantitative estimate of drug-likeness (QED) is 0.764. The second-order valence-corrected chi connectivity index (χ2v) is 2.61. The van der Waals surface area contributed by atoms with Crippen LogP contribution in [0.15, 0.2) is 10.9 Å². The number of aromatic nitrogens is 1. The highest BCUT2D eigenvalue weighted by Crippen LogP contribution is 2.28. The molecule has 0 aliphatic rings. The summed E-state index contributed by atoms with van der Waals surface area (Å²) in [6, 6.07) is 1.14. The average Bonchev–Trinajstić information content (AvgIpc) is 2.16. The van der Waals surface area contributed by atoms with Crippen LogP contribution in [0.25, 0.3) is 0 Å². The number of ether oxygens (including phenoxy) is 1. The first-order chi connectivity index (χ1) is 6.60. The lowest BCUT2D eigenvalue weighted by Gasteiger charge is -2.10. The number of hydrogen-bond donors (Lipinski definition) is 2. The molecule has 0 unspecified atom stereocenters. The fourth-order valence-corrected chi connectivity index (χ4v) is 1.17. The number of rotatable bonds is 3. The van der Waals surface area contributed by atoms with Gasteiger partial charge in [-0.05, 0) is 0 Å². The van der Waals surface area contributed by atoms with E-state index in [1.807, 2.05) is 4.98 Å². The fraction of sp³-hybridized carbons (Fsp3) is 0.375. The van der Waals surface area contributed by atoms with E-state index in [-0.39, 0.29) is 17.9 Å². The van der Waals surface area contributed by atoms with Crippen LogP contribution in [0.5, 0.6) is 5.75 Å². The summed E-state index contributed by atoms with van der Waals surface area (Å²) >= 11 is 0. The Kier molecular flexibility index (Phi) is 3.19. The van der Waals surface area contributed by atoms with Gasteiger partial charge in [0, 0.05) is 18.2 Å². The third kappa shape index (κ3) is 1.90. The maximum absolute atomic E-state index is 12.4. The van der Waals surface area contributed by atoms with Crippen molar-refractivity contribution in [1.82, 2.24) is 4.98 Å². The van der Waals surface area contributed by atoms with Gasteiger partial charge in [-0.15, -0.1) is 0 Å². The van der Waals surface area contributed by atoms with Gasteiger partial charge in [0.05, 0.1) is 7.11 Å². The number of pyridine rings is 1. The number of alkyl halides is 2. The molecule has 0 aromatic carbocycles. The van der Waals surface area contributed by atoms with Gasteiger partial charge < -0.3 is 15.5 Å². The molecule has 3 N–H and O–H groups in total. The van der Waals surface area contributed by atoms with Crippen LogP contribution in [-0.4, -0.2) is 12.1 Å². The molecule has 0 atom stereocenters. The Morgan fingerprint density at radius 3 is 2.71 bits per heavy atom. The van der Waals surface area contributed by atoms with Crippen LogP contribution in [-0.2, 0) is 6.54 Å². The number of halogens is 2. The monoisotopic (exact) mass is 204 g/mol. The van der Waals surface area contributed by atoms with E-state index < -0.39 is 17.7 Å². The molecule has 1 rings (SSSR count).